The maximum atomic E-state index is 15.7. The predicted molar refractivity (Wildman–Crippen MR) is 219 cm³/mol. The number of fused-ring (bicyclic) bond motifs is 2. The largest absolute Gasteiger partial charge is 0.493 e. The summed E-state index contributed by atoms with van der Waals surface area (Å²) in [4.78, 5) is 50.8. The number of pyridine rings is 1. The zero-order valence-corrected chi connectivity index (χ0v) is 33.2. The third-order valence-electron chi connectivity index (χ3n) is 12.0. The number of hydrogen-bond acceptors (Lipinski definition) is 8. The van der Waals surface area contributed by atoms with Crippen molar-refractivity contribution < 1.29 is 40.7 Å². The first kappa shape index (κ1) is 39.5. The summed E-state index contributed by atoms with van der Waals surface area (Å²) in [5, 5.41) is 0.318. The molecule has 5 heterocycles. The topological polar surface area (TPSA) is 145 Å². The first-order chi connectivity index (χ1) is 28.8. The van der Waals surface area contributed by atoms with E-state index in [1.54, 1.807) is 23.2 Å². The second-order valence-corrected chi connectivity index (χ2v) is 17.6. The van der Waals surface area contributed by atoms with Gasteiger partial charge in [-0.1, -0.05) is 24.3 Å². The summed E-state index contributed by atoms with van der Waals surface area (Å²) in [6.45, 7) is 5.95. The molecule has 12 nitrogen and oxygen atoms in total. The third kappa shape index (κ3) is 7.42. The van der Waals surface area contributed by atoms with Crippen molar-refractivity contribution in [1.29, 1.82) is 0 Å². The van der Waals surface area contributed by atoms with Crippen molar-refractivity contribution in [3.63, 3.8) is 0 Å². The van der Waals surface area contributed by atoms with Gasteiger partial charge >= 0.3 is 10.2 Å². The van der Waals surface area contributed by atoms with Crippen molar-refractivity contribution in [1.82, 2.24) is 19.2 Å². The van der Waals surface area contributed by atoms with Gasteiger partial charge in [0.05, 0.1) is 23.9 Å². The molecule has 2 N–H and O–H groups in total. The number of allylic oxidation sites excluding steroid dienone is 1. The van der Waals surface area contributed by atoms with Gasteiger partial charge in [-0.3, -0.25) is 19.1 Å². The molecule has 310 valence electrons. The van der Waals surface area contributed by atoms with E-state index < -0.39 is 57.6 Å². The molecule has 3 aromatic carbocycles. The van der Waals surface area contributed by atoms with Crippen LogP contribution in [0.4, 0.5) is 24.5 Å². The van der Waals surface area contributed by atoms with Crippen LogP contribution in [0.25, 0.3) is 22.2 Å². The van der Waals surface area contributed by atoms with Gasteiger partial charge in [0, 0.05) is 85.2 Å². The number of halogens is 3. The molecule has 2 aromatic heterocycles. The first-order valence-corrected chi connectivity index (χ1v) is 21.3. The molecular weight excluding hydrogens is 798 g/mol. The number of rotatable bonds is 11. The fourth-order valence-corrected chi connectivity index (χ4v) is 9.93. The number of hydrogen-bond donors (Lipinski definition) is 2. The number of nitrogens with zero attached hydrogens (tertiary/aromatic N) is 4. The van der Waals surface area contributed by atoms with Crippen LogP contribution in [-0.2, 0) is 21.5 Å². The van der Waals surface area contributed by atoms with Crippen molar-refractivity contribution in [2.24, 2.45) is 5.92 Å². The molecule has 3 atom stereocenters. The summed E-state index contributed by atoms with van der Waals surface area (Å²) in [6.07, 6.45) is 4.18. The van der Waals surface area contributed by atoms with Crippen LogP contribution in [0.5, 0.6) is 5.75 Å². The molecule has 60 heavy (non-hydrogen) atoms. The molecule has 4 aliphatic rings. The van der Waals surface area contributed by atoms with E-state index in [9.17, 15) is 27.2 Å². The number of alkyl halides is 1. The lowest BCUT2D eigenvalue weighted by Gasteiger charge is -2.30. The van der Waals surface area contributed by atoms with Crippen molar-refractivity contribution >= 4 is 50.1 Å². The van der Waals surface area contributed by atoms with Crippen LogP contribution in [0, 0.1) is 17.6 Å². The maximum Gasteiger partial charge on any atom is 0.301 e. The smallest absolute Gasteiger partial charge is 0.301 e. The summed E-state index contributed by atoms with van der Waals surface area (Å²) in [5.41, 5.74) is 3.54. The molecule has 3 fully saturated rings. The molecule has 5 aromatic rings. The molecule has 0 spiro atoms. The van der Waals surface area contributed by atoms with Crippen LogP contribution in [0.3, 0.4) is 0 Å². The quantitative estimate of drug-likeness (QED) is 0.107. The zero-order valence-electron chi connectivity index (χ0n) is 32.4. The van der Waals surface area contributed by atoms with Gasteiger partial charge in [0.25, 0.3) is 5.91 Å². The van der Waals surface area contributed by atoms with Crippen LogP contribution in [0.1, 0.15) is 63.9 Å². The Kier molecular flexibility index (Phi) is 10.2. The molecule has 9 rings (SSSR count). The average molecular weight is 839 g/mol. The maximum absolute atomic E-state index is 15.7. The molecule has 3 aliphatic heterocycles. The van der Waals surface area contributed by atoms with E-state index in [0.717, 1.165) is 64.8 Å². The SMILES string of the molecule is C=C1CCC(N2Cc3cc(OC[C@H]4CCN(c5ccc(-c6cnc7[nH]cc(C(=O)c8c(F)ccc(NS(=O)(=O)N9CC[C@@H](F)C9)c8F)c7c6)cc5)C4)ccc3C2=O)C(=O)C1. The minimum absolute atomic E-state index is 0.000789. The highest BCUT2D eigenvalue weighted by Gasteiger charge is 2.38. The number of carbonyl (C=O) groups excluding carboxylic acids is 3. The zero-order chi connectivity index (χ0) is 41.9. The molecule has 1 unspecified atom stereocenters. The van der Waals surface area contributed by atoms with Gasteiger partial charge in [0.2, 0.25) is 5.78 Å². The van der Waals surface area contributed by atoms with E-state index in [4.69, 9.17) is 4.74 Å². The van der Waals surface area contributed by atoms with Gasteiger partial charge in [0.15, 0.2) is 11.6 Å². The Morgan fingerprint density at radius 1 is 0.983 bits per heavy atom. The van der Waals surface area contributed by atoms with Gasteiger partial charge < -0.3 is 19.5 Å². The highest BCUT2D eigenvalue weighted by Crippen LogP contribution is 2.35. The van der Waals surface area contributed by atoms with E-state index in [-0.39, 0.29) is 36.1 Å². The third-order valence-corrected chi connectivity index (χ3v) is 13.4. The number of benzene rings is 3. The minimum atomic E-state index is -4.36. The van der Waals surface area contributed by atoms with E-state index in [2.05, 4.69) is 21.4 Å². The van der Waals surface area contributed by atoms with Crippen LogP contribution in [-0.4, -0.2) is 90.1 Å². The van der Waals surface area contributed by atoms with Crippen LogP contribution < -0.4 is 14.4 Å². The van der Waals surface area contributed by atoms with E-state index >= 15 is 8.78 Å². The summed E-state index contributed by atoms with van der Waals surface area (Å²) < 4.78 is 79.2. The standard InChI is InChI=1S/C44H41F3N6O6S/c1-25-2-11-38(39(54)16-25)53-22-29-17-32(7-8-33(29)44(53)56)59-24-26-12-14-51(21-26)31-5-3-27(4-6-31)28-18-34-35(20-49-43(34)48-19-28)42(55)40-36(46)9-10-37(41(40)47)50-60(57,58)52-15-13-30(45)23-52/h3-10,17-20,26,30,38,50H,1-2,11-16,21-24H2,(H,48,49)/t26-,30+,38?/m0/s1. The monoisotopic (exact) mass is 838 g/mol. The Morgan fingerprint density at radius 3 is 2.57 bits per heavy atom. The van der Waals surface area contributed by atoms with E-state index in [0.29, 0.717) is 53.9 Å². The Bertz CT molecular complexity index is 2690. The number of H-pyrrole nitrogens is 1. The number of ether oxygens (including phenoxy) is 1. The first-order valence-electron chi connectivity index (χ1n) is 19.9. The number of Topliss-reactive ketones (excluding diaryl/α,β-unsaturated/α-hetero) is 1. The number of carbonyl (C=O) groups is 3. The van der Waals surface area contributed by atoms with Crippen molar-refractivity contribution in [2.45, 2.75) is 50.9 Å². The van der Waals surface area contributed by atoms with Gasteiger partial charge in [-0.2, -0.15) is 12.7 Å². The number of nitrogens with one attached hydrogen (secondary N) is 2. The fourth-order valence-electron chi connectivity index (χ4n) is 8.66. The van der Waals surface area contributed by atoms with Gasteiger partial charge in [0.1, 0.15) is 23.4 Å². The second kappa shape index (κ2) is 15.6. The van der Waals surface area contributed by atoms with Crippen molar-refractivity contribution in [3.05, 3.63) is 119 Å². The lowest BCUT2D eigenvalue weighted by atomic mass is 9.90. The Hall–Kier alpha value is -6.00. The minimum Gasteiger partial charge on any atom is -0.493 e. The van der Waals surface area contributed by atoms with Crippen molar-refractivity contribution in [3.8, 4) is 16.9 Å². The lowest BCUT2D eigenvalue weighted by molar-refractivity contribution is -0.124. The van der Waals surface area contributed by atoms with Gasteiger partial charge in [-0.25, -0.2) is 18.2 Å². The number of aromatic nitrogens is 2. The molecule has 1 saturated carbocycles. The Balaban J connectivity index is 0.842. The number of anilines is 2. The molecule has 16 heteroatoms. The molecule has 1 aliphatic carbocycles. The summed E-state index contributed by atoms with van der Waals surface area (Å²) >= 11 is 0. The predicted octanol–water partition coefficient (Wildman–Crippen LogP) is 6.98. The van der Waals surface area contributed by atoms with E-state index in [1.807, 2.05) is 41.1 Å². The number of ketones is 2. The highest BCUT2D eigenvalue weighted by molar-refractivity contribution is 7.90. The van der Waals surface area contributed by atoms with Crippen LogP contribution in [0.15, 0.2) is 85.2 Å². The van der Waals surface area contributed by atoms with Gasteiger partial charge in [-0.15, -0.1) is 0 Å². The molecule has 0 radical (unpaired) electrons. The van der Waals surface area contributed by atoms with Crippen molar-refractivity contribution in [2.75, 3.05) is 42.4 Å². The van der Waals surface area contributed by atoms with Gasteiger partial charge in [-0.05, 0) is 85.3 Å². The molecular formula is C44H41F3N6O6S. The molecule has 2 saturated heterocycles. The summed E-state index contributed by atoms with van der Waals surface area (Å²) in [6, 6.07) is 16.3. The summed E-state index contributed by atoms with van der Waals surface area (Å²) in [5.74, 6) is -2.69. The normalized spacial score (nSPS) is 21.0. The average Bonchev–Trinajstić information content (AvgIpc) is 4.05. The second-order valence-electron chi connectivity index (χ2n) is 15.9. The lowest BCUT2D eigenvalue weighted by Crippen LogP contribution is -2.43. The number of amides is 1. The Labute approximate surface area is 344 Å². The summed E-state index contributed by atoms with van der Waals surface area (Å²) in [7, 11) is -4.36. The Morgan fingerprint density at radius 2 is 1.80 bits per heavy atom. The molecule has 1 amide bonds. The fraction of sp³-hybridized carbons (Fsp3) is 0.318. The van der Waals surface area contributed by atoms with E-state index in [1.165, 1.54) is 6.20 Å². The van der Waals surface area contributed by atoms with Crippen LogP contribution in [0.2, 0.25) is 0 Å². The molecule has 0 bridgehead atoms. The highest BCUT2D eigenvalue weighted by atomic mass is 32.2. The van der Waals surface area contributed by atoms with Crippen LogP contribution >= 0.6 is 0 Å². The number of aromatic amines is 1.